The van der Waals surface area contributed by atoms with Gasteiger partial charge in [0.1, 0.15) is 12.6 Å². The molecule has 0 bridgehead atoms. The molecule has 0 aliphatic carbocycles. The highest BCUT2D eigenvalue weighted by molar-refractivity contribution is 6.16. The number of benzene rings is 2. The molecule has 0 saturated carbocycles. The highest BCUT2D eigenvalue weighted by Gasteiger charge is 2.44. The zero-order valence-corrected chi connectivity index (χ0v) is 15.9. The minimum absolute atomic E-state index is 0.0729. The molecule has 7 nitrogen and oxygen atoms in total. The average molecular weight is 379 g/mol. The van der Waals surface area contributed by atoms with Gasteiger partial charge in [-0.15, -0.1) is 0 Å². The summed E-state index contributed by atoms with van der Waals surface area (Å²) < 4.78 is 0. The molecular weight excluding hydrogens is 358 g/mol. The van der Waals surface area contributed by atoms with Crippen LogP contribution in [0, 0.1) is 6.92 Å². The van der Waals surface area contributed by atoms with Crippen LogP contribution in [0.1, 0.15) is 29.8 Å². The van der Waals surface area contributed by atoms with E-state index in [0.717, 1.165) is 10.5 Å². The van der Waals surface area contributed by atoms with E-state index in [1.165, 1.54) is 11.8 Å². The maximum absolute atomic E-state index is 12.7. The average Bonchev–Trinajstić information content (AvgIpc) is 2.86. The molecule has 4 amide bonds. The summed E-state index contributed by atoms with van der Waals surface area (Å²) in [5.41, 5.74) is 2.67. The predicted molar refractivity (Wildman–Crippen MR) is 105 cm³/mol. The summed E-state index contributed by atoms with van der Waals surface area (Å²) in [5, 5.41) is 2.64. The SMILES string of the molecule is CC(=O)c1ccc(NC(=O)CN2C(=O)C(C)N(c3ccc(C)cc3)C2=O)cc1. The van der Waals surface area contributed by atoms with Crippen LogP contribution in [-0.2, 0) is 9.59 Å². The Labute approximate surface area is 162 Å². The van der Waals surface area contributed by atoms with Crippen LogP contribution in [0.15, 0.2) is 48.5 Å². The Morgan fingerprint density at radius 2 is 1.61 bits per heavy atom. The van der Waals surface area contributed by atoms with Crippen molar-refractivity contribution in [2.45, 2.75) is 26.8 Å². The zero-order valence-electron chi connectivity index (χ0n) is 15.9. The molecule has 7 heteroatoms. The summed E-state index contributed by atoms with van der Waals surface area (Å²) in [4.78, 5) is 51.2. The smallest absolute Gasteiger partial charge is 0.325 e. The standard InChI is InChI=1S/C21H21N3O4/c1-13-4-10-18(11-5-13)24-14(2)20(27)23(21(24)28)12-19(26)22-17-8-6-16(7-9-17)15(3)25/h4-11,14H,12H2,1-3H3,(H,22,26). The number of imide groups is 1. The molecule has 1 aliphatic rings. The molecule has 1 saturated heterocycles. The number of Topliss-reactive ketones (excluding diaryl/α,β-unsaturated/α-hetero) is 1. The lowest BCUT2D eigenvalue weighted by Gasteiger charge is -2.19. The number of carbonyl (C=O) groups excluding carboxylic acids is 4. The van der Waals surface area contributed by atoms with Crippen molar-refractivity contribution in [3.05, 3.63) is 59.7 Å². The van der Waals surface area contributed by atoms with Crippen molar-refractivity contribution >= 4 is 35.0 Å². The number of aryl methyl sites for hydroxylation is 1. The van der Waals surface area contributed by atoms with Crippen molar-refractivity contribution in [1.82, 2.24) is 4.90 Å². The quantitative estimate of drug-likeness (QED) is 0.639. The van der Waals surface area contributed by atoms with Gasteiger partial charge in [-0.05, 0) is 57.2 Å². The number of carbonyl (C=O) groups is 4. The van der Waals surface area contributed by atoms with Gasteiger partial charge in [0.25, 0.3) is 5.91 Å². The molecule has 1 aliphatic heterocycles. The van der Waals surface area contributed by atoms with Crippen molar-refractivity contribution < 1.29 is 19.2 Å². The number of nitrogens with zero attached hydrogens (tertiary/aromatic N) is 2. The number of nitrogens with one attached hydrogen (secondary N) is 1. The summed E-state index contributed by atoms with van der Waals surface area (Å²) in [6, 6.07) is 12.5. The maximum Gasteiger partial charge on any atom is 0.332 e. The summed E-state index contributed by atoms with van der Waals surface area (Å²) >= 11 is 0. The second-order valence-electron chi connectivity index (χ2n) is 6.77. The Morgan fingerprint density at radius 1 is 1.00 bits per heavy atom. The minimum atomic E-state index is -0.683. The molecule has 2 aromatic rings. The Kier molecular flexibility index (Phi) is 5.26. The summed E-state index contributed by atoms with van der Waals surface area (Å²) in [5.74, 6) is -0.987. The number of rotatable bonds is 5. The molecule has 1 atom stereocenters. The molecule has 28 heavy (non-hydrogen) atoms. The Morgan fingerprint density at radius 3 is 2.18 bits per heavy atom. The second-order valence-corrected chi connectivity index (χ2v) is 6.77. The summed E-state index contributed by atoms with van der Waals surface area (Å²) in [6.07, 6.45) is 0. The molecular formula is C21H21N3O4. The van der Waals surface area contributed by atoms with Crippen molar-refractivity contribution in [3.8, 4) is 0 Å². The molecule has 0 radical (unpaired) electrons. The van der Waals surface area contributed by atoms with Gasteiger partial charge in [0, 0.05) is 16.9 Å². The van der Waals surface area contributed by atoms with Crippen molar-refractivity contribution in [3.63, 3.8) is 0 Å². The second kappa shape index (κ2) is 7.64. The van der Waals surface area contributed by atoms with Gasteiger partial charge in [0.15, 0.2) is 5.78 Å². The van der Waals surface area contributed by atoms with Crippen LogP contribution >= 0.6 is 0 Å². The Balaban J connectivity index is 1.70. The van der Waals surface area contributed by atoms with Gasteiger partial charge >= 0.3 is 6.03 Å². The van der Waals surface area contributed by atoms with E-state index in [1.54, 1.807) is 43.3 Å². The molecule has 1 unspecified atom stereocenters. The lowest BCUT2D eigenvalue weighted by Crippen LogP contribution is -2.39. The van der Waals surface area contributed by atoms with Crippen LogP contribution in [0.2, 0.25) is 0 Å². The first-order valence-corrected chi connectivity index (χ1v) is 8.90. The third-order valence-electron chi connectivity index (χ3n) is 4.64. The number of amides is 4. The molecule has 1 fully saturated rings. The molecule has 2 aromatic carbocycles. The van der Waals surface area contributed by atoms with Crippen LogP contribution in [0.4, 0.5) is 16.2 Å². The number of ketones is 1. The number of hydrogen-bond acceptors (Lipinski definition) is 4. The molecule has 144 valence electrons. The van der Waals surface area contributed by atoms with Gasteiger partial charge in [-0.25, -0.2) is 4.79 Å². The summed E-state index contributed by atoms with van der Waals surface area (Å²) in [7, 11) is 0. The van der Waals surface area contributed by atoms with Gasteiger partial charge in [-0.3, -0.25) is 24.2 Å². The van der Waals surface area contributed by atoms with E-state index in [-0.39, 0.29) is 12.3 Å². The highest BCUT2D eigenvalue weighted by atomic mass is 16.2. The Hall–Kier alpha value is -3.48. The molecule has 0 spiro atoms. The van der Waals surface area contributed by atoms with Crippen LogP contribution in [0.3, 0.4) is 0 Å². The molecule has 1 N–H and O–H groups in total. The minimum Gasteiger partial charge on any atom is -0.325 e. The normalized spacial score (nSPS) is 16.5. The van der Waals surface area contributed by atoms with Gasteiger partial charge in [-0.1, -0.05) is 17.7 Å². The van der Waals surface area contributed by atoms with Crippen LogP contribution < -0.4 is 10.2 Å². The highest BCUT2D eigenvalue weighted by Crippen LogP contribution is 2.26. The topological polar surface area (TPSA) is 86.8 Å². The zero-order chi connectivity index (χ0) is 20.4. The van der Waals surface area contributed by atoms with E-state index in [4.69, 9.17) is 0 Å². The number of hydrogen-bond donors (Lipinski definition) is 1. The maximum atomic E-state index is 12.7. The van der Waals surface area contributed by atoms with E-state index in [0.29, 0.717) is 16.9 Å². The van der Waals surface area contributed by atoms with Crippen LogP contribution in [-0.4, -0.2) is 41.1 Å². The van der Waals surface area contributed by atoms with Gasteiger partial charge < -0.3 is 5.32 Å². The van der Waals surface area contributed by atoms with Crippen LogP contribution in [0.25, 0.3) is 0 Å². The monoisotopic (exact) mass is 379 g/mol. The van der Waals surface area contributed by atoms with Gasteiger partial charge in [0.05, 0.1) is 0 Å². The van der Waals surface area contributed by atoms with E-state index in [1.807, 2.05) is 19.1 Å². The van der Waals surface area contributed by atoms with Crippen molar-refractivity contribution in [2.75, 3.05) is 16.8 Å². The fourth-order valence-electron chi connectivity index (χ4n) is 3.04. The first kappa shape index (κ1) is 19.3. The van der Waals surface area contributed by atoms with E-state index >= 15 is 0 Å². The molecule has 0 aromatic heterocycles. The molecule has 3 rings (SSSR count). The van der Waals surface area contributed by atoms with Gasteiger partial charge in [-0.2, -0.15) is 0 Å². The number of anilines is 2. The van der Waals surface area contributed by atoms with Crippen LogP contribution in [0.5, 0.6) is 0 Å². The first-order valence-electron chi connectivity index (χ1n) is 8.90. The van der Waals surface area contributed by atoms with E-state index < -0.39 is 23.9 Å². The fraction of sp³-hybridized carbons (Fsp3) is 0.238. The Bertz CT molecular complexity index is 935. The third-order valence-corrected chi connectivity index (χ3v) is 4.64. The predicted octanol–water partition coefficient (Wildman–Crippen LogP) is 2.99. The summed E-state index contributed by atoms with van der Waals surface area (Å²) in [6.45, 7) is 4.65. The van der Waals surface area contributed by atoms with Gasteiger partial charge in [0.2, 0.25) is 5.91 Å². The molecule has 1 heterocycles. The lowest BCUT2D eigenvalue weighted by molar-refractivity contribution is -0.130. The first-order chi connectivity index (χ1) is 13.3. The number of urea groups is 1. The lowest BCUT2D eigenvalue weighted by atomic mass is 10.1. The van der Waals surface area contributed by atoms with Crippen molar-refractivity contribution in [1.29, 1.82) is 0 Å². The van der Waals surface area contributed by atoms with Crippen molar-refractivity contribution in [2.24, 2.45) is 0 Å². The van der Waals surface area contributed by atoms with E-state index in [2.05, 4.69) is 5.32 Å². The largest absolute Gasteiger partial charge is 0.332 e. The fourth-order valence-corrected chi connectivity index (χ4v) is 3.04. The van der Waals surface area contributed by atoms with E-state index in [9.17, 15) is 19.2 Å². The third kappa shape index (κ3) is 3.78.